The Kier molecular flexibility index (Phi) is 9.94. The van der Waals surface area contributed by atoms with Crippen LogP contribution in [0.2, 0.25) is 0 Å². The fourth-order valence-electron chi connectivity index (χ4n) is 4.43. The summed E-state index contributed by atoms with van der Waals surface area (Å²) in [6.07, 6.45) is 3.79. The van der Waals surface area contributed by atoms with Crippen molar-refractivity contribution in [3.8, 4) is 11.5 Å². The molecule has 1 atom stereocenters. The van der Waals surface area contributed by atoms with E-state index in [4.69, 9.17) is 14.2 Å². The third kappa shape index (κ3) is 6.26. The van der Waals surface area contributed by atoms with Crippen LogP contribution in [0.3, 0.4) is 0 Å². The smallest absolute Gasteiger partial charge is 0.295 e. The molecule has 1 aliphatic rings. The van der Waals surface area contributed by atoms with Gasteiger partial charge in [-0.1, -0.05) is 31.9 Å². The third-order valence-electron chi connectivity index (χ3n) is 6.26. The number of hydrogen-bond donors (Lipinski definition) is 1. The van der Waals surface area contributed by atoms with Gasteiger partial charge in [-0.3, -0.25) is 9.59 Å². The molecule has 0 spiro atoms. The van der Waals surface area contributed by atoms with Crippen molar-refractivity contribution in [3.63, 3.8) is 0 Å². The van der Waals surface area contributed by atoms with E-state index in [1.165, 1.54) is 4.90 Å². The Morgan fingerprint density at radius 1 is 0.944 bits per heavy atom. The Morgan fingerprint density at radius 2 is 1.67 bits per heavy atom. The number of rotatable bonds is 13. The first kappa shape index (κ1) is 27.3. The van der Waals surface area contributed by atoms with Gasteiger partial charge in [-0.25, -0.2) is 0 Å². The second-order valence-corrected chi connectivity index (χ2v) is 8.87. The minimum absolute atomic E-state index is 0.0845. The zero-order valence-corrected chi connectivity index (χ0v) is 21.7. The summed E-state index contributed by atoms with van der Waals surface area (Å²) >= 11 is 0. The van der Waals surface area contributed by atoms with Crippen LogP contribution in [0.4, 0.5) is 0 Å². The van der Waals surface area contributed by atoms with E-state index in [0.29, 0.717) is 44.1 Å². The Hall–Kier alpha value is -3.32. The molecule has 7 heteroatoms. The lowest BCUT2D eigenvalue weighted by molar-refractivity contribution is -0.140. The van der Waals surface area contributed by atoms with Gasteiger partial charge in [-0.2, -0.15) is 0 Å². The van der Waals surface area contributed by atoms with Crippen LogP contribution < -0.4 is 9.47 Å². The van der Waals surface area contributed by atoms with Gasteiger partial charge in [-0.05, 0) is 68.1 Å². The van der Waals surface area contributed by atoms with Crippen molar-refractivity contribution in [3.05, 3.63) is 64.7 Å². The van der Waals surface area contributed by atoms with Crippen LogP contribution in [0.5, 0.6) is 11.5 Å². The zero-order valence-electron chi connectivity index (χ0n) is 21.7. The molecule has 36 heavy (non-hydrogen) atoms. The highest BCUT2D eigenvalue weighted by molar-refractivity contribution is 6.46. The fraction of sp³-hybridized carbons (Fsp3) is 0.448. The normalized spacial score (nSPS) is 17.0. The summed E-state index contributed by atoms with van der Waals surface area (Å²) in [6.45, 7) is 7.83. The average molecular weight is 496 g/mol. The van der Waals surface area contributed by atoms with E-state index in [9.17, 15) is 14.7 Å². The van der Waals surface area contributed by atoms with Crippen LogP contribution in [-0.2, 0) is 14.3 Å². The van der Waals surface area contributed by atoms with Crippen molar-refractivity contribution in [2.45, 2.75) is 52.5 Å². The van der Waals surface area contributed by atoms with E-state index in [1.807, 2.05) is 44.2 Å². The molecule has 1 aliphatic heterocycles. The van der Waals surface area contributed by atoms with Crippen molar-refractivity contribution in [1.82, 2.24) is 4.90 Å². The molecule has 0 aromatic heterocycles. The van der Waals surface area contributed by atoms with Gasteiger partial charge in [0.25, 0.3) is 11.7 Å². The first-order valence-corrected chi connectivity index (χ1v) is 12.7. The van der Waals surface area contributed by atoms with Crippen LogP contribution in [-0.4, -0.2) is 55.2 Å². The number of likely N-dealkylation sites (tertiary alicyclic amines) is 1. The van der Waals surface area contributed by atoms with Gasteiger partial charge in [0.05, 0.1) is 24.8 Å². The summed E-state index contributed by atoms with van der Waals surface area (Å²) in [5.74, 6) is -0.0940. The highest BCUT2D eigenvalue weighted by Crippen LogP contribution is 2.40. The lowest BCUT2D eigenvalue weighted by Crippen LogP contribution is -2.31. The third-order valence-corrected chi connectivity index (χ3v) is 6.26. The Morgan fingerprint density at radius 3 is 2.31 bits per heavy atom. The molecule has 1 heterocycles. The Balaban J connectivity index is 2.00. The molecule has 1 saturated heterocycles. The summed E-state index contributed by atoms with van der Waals surface area (Å²) < 4.78 is 16.5. The van der Waals surface area contributed by atoms with Crippen molar-refractivity contribution < 1.29 is 28.9 Å². The molecular weight excluding hydrogens is 458 g/mol. The Bertz CT molecular complexity index is 1080. The van der Waals surface area contributed by atoms with Gasteiger partial charge < -0.3 is 24.2 Å². The molecule has 2 aromatic rings. The van der Waals surface area contributed by atoms with Crippen molar-refractivity contribution >= 4 is 17.4 Å². The topological polar surface area (TPSA) is 85.3 Å². The first-order valence-electron chi connectivity index (χ1n) is 12.7. The van der Waals surface area contributed by atoms with Gasteiger partial charge >= 0.3 is 0 Å². The molecule has 1 N–H and O–H groups in total. The minimum atomic E-state index is -0.707. The molecule has 194 valence electrons. The van der Waals surface area contributed by atoms with E-state index in [1.54, 1.807) is 19.2 Å². The number of hydrogen-bond acceptors (Lipinski definition) is 6. The van der Waals surface area contributed by atoms with Crippen molar-refractivity contribution in [1.29, 1.82) is 0 Å². The number of aliphatic hydroxyl groups is 1. The summed E-state index contributed by atoms with van der Waals surface area (Å²) in [5, 5.41) is 11.3. The van der Waals surface area contributed by atoms with Crippen LogP contribution in [0, 0.1) is 6.92 Å². The molecule has 1 unspecified atom stereocenters. The quantitative estimate of drug-likeness (QED) is 0.173. The standard InChI is InChI=1S/C29H37NO6/c1-5-7-8-18-36-22-12-10-21(11-13-22)26-25(28(32)29(33)30(26)16-9-17-34-4)27(31)24-15-14-23(35-6-2)19-20(24)3/h10-15,19,26,31H,5-9,16-18H2,1-4H3. The molecule has 1 amide bonds. The highest BCUT2D eigenvalue weighted by atomic mass is 16.5. The average Bonchev–Trinajstić information content (AvgIpc) is 3.12. The Labute approximate surface area is 213 Å². The van der Waals surface area contributed by atoms with Gasteiger partial charge in [0.2, 0.25) is 0 Å². The molecule has 0 bridgehead atoms. The van der Waals surface area contributed by atoms with Crippen LogP contribution in [0.1, 0.15) is 62.3 Å². The number of aryl methyl sites for hydroxylation is 1. The maximum atomic E-state index is 13.2. The minimum Gasteiger partial charge on any atom is -0.507 e. The molecule has 7 nitrogen and oxygen atoms in total. The van der Waals surface area contributed by atoms with Gasteiger partial charge in [-0.15, -0.1) is 0 Å². The maximum absolute atomic E-state index is 13.2. The van der Waals surface area contributed by atoms with Crippen LogP contribution >= 0.6 is 0 Å². The number of Topliss-reactive ketones (excluding diaryl/α,β-unsaturated/α-hetero) is 1. The number of ether oxygens (including phenoxy) is 3. The van der Waals surface area contributed by atoms with E-state index in [-0.39, 0.29) is 11.3 Å². The molecule has 0 saturated carbocycles. The number of methoxy groups -OCH3 is 1. The summed E-state index contributed by atoms with van der Waals surface area (Å²) in [6, 6.07) is 12.0. The number of unbranched alkanes of at least 4 members (excludes halogenated alkanes) is 2. The van der Waals surface area contributed by atoms with E-state index in [0.717, 1.165) is 36.1 Å². The molecule has 0 aliphatic carbocycles. The SMILES string of the molecule is CCCCCOc1ccc(C2C(=C(O)c3ccc(OCC)cc3C)C(=O)C(=O)N2CCCOC)cc1. The predicted molar refractivity (Wildman–Crippen MR) is 139 cm³/mol. The number of ketones is 1. The molecular formula is C29H37NO6. The van der Waals surface area contributed by atoms with E-state index < -0.39 is 17.7 Å². The fourth-order valence-corrected chi connectivity index (χ4v) is 4.43. The molecule has 3 rings (SSSR count). The van der Waals surface area contributed by atoms with Crippen LogP contribution in [0.25, 0.3) is 5.76 Å². The highest BCUT2D eigenvalue weighted by Gasteiger charge is 2.45. The summed E-state index contributed by atoms with van der Waals surface area (Å²) in [4.78, 5) is 27.8. The molecule has 2 aromatic carbocycles. The zero-order chi connectivity index (χ0) is 26.1. The summed E-state index contributed by atoms with van der Waals surface area (Å²) in [5.41, 5.74) is 2.06. The van der Waals surface area contributed by atoms with E-state index >= 15 is 0 Å². The monoisotopic (exact) mass is 495 g/mol. The first-order chi connectivity index (χ1) is 17.4. The second-order valence-electron chi connectivity index (χ2n) is 8.87. The molecule has 0 radical (unpaired) electrons. The second kappa shape index (κ2) is 13.1. The number of carbonyl (C=O) groups excluding carboxylic acids is 2. The van der Waals surface area contributed by atoms with E-state index in [2.05, 4.69) is 6.92 Å². The van der Waals surface area contributed by atoms with Crippen molar-refractivity contribution in [2.24, 2.45) is 0 Å². The predicted octanol–water partition coefficient (Wildman–Crippen LogP) is 5.42. The number of amides is 1. The van der Waals surface area contributed by atoms with Gasteiger partial charge in [0, 0.05) is 25.8 Å². The van der Waals surface area contributed by atoms with Crippen molar-refractivity contribution in [2.75, 3.05) is 33.5 Å². The largest absolute Gasteiger partial charge is 0.507 e. The number of nitrogens with zero attached hydrogens (tertiary/aromatic N) is 1. The van der Waals surface area contributed by atoms with Gasteiger partial charge in [0.1, 0.15) is 17.3 Å². The number of aliphatic hydroxyl groups excluding tert-OH is 1. The lowest BCUT2D eigenvalue weighted by Gasteiger charge is -2.25. The summed E-state index contributed by atoms with van der Waals surface area (Å²) in [7, 11) is 1.60. The lowest BCUT2D eigenvalue weighted by atomic mass is 9.93. The van der Waals surface area contributed by atoms with Gasteiger partial charge in [0.15, 0.2) is 0 Å². The van der Waals surface area contributed by atoms with Crippen LogP contribution in [0.15, 0.2) is 48.0 Å². The molecule has 1 fully saturated rings. The number of carbonyl (C=O) groups is 2. The maximum Gasteiger partial charge on any atom is 0.295 e. The number of benzene rings is 2.